The van der Waals surface area contributed by atoms with Crippen LogP contribution in [-0.4, -0.2) is 50.1 Å². The summed E-state index contributed by atoms with van der Waals surface area (Å²) in [5.41, 5.74) is -2.95. The molecule has 1 saturated heterocycles. The van der Waals surface area contributed by atoms with E-state index in [-0.39, 0.29) is 45.6 Å². The maximum atomic E-state index is 12.7. The Morgan fingerprint density at radius 2 is 1.49 bits per heavy atom. The summed E-state index contributed by atoms with van der Waals surface area (Å²) < 4.78 is 6.68. The first-order valence-electron chi connectivity index (χ1n) is 15.1. The van der Waals surface area contributed by atoms with Gasteiger partial charge in [-0.05, 0) is 125 Å². The molecule has 212 valence electrons. The van der Waals surface area contributed by atoms with Crippen LogP contribution in [0.4, 0.5) is 0 Å². The van der Waals surface area contributed by atoms with Crippen LogP contribution in [0.5, 0.6) is 0 Å². The zero-order valence-corrected chi connectivity index (χ0v) is 25.0. The lowest BCUT2D eigenvalue weighted by Gasteiger charge is -2.71. The van der Waals surface area contributed by atoms with Crippen molar-refractivity contribution in [2.75, 3.05) is 0 Å². The Labute approximate surface area is 225 Å². The first-order valence-corrected chi connectivity index (χ1v) is 15.1. The fourth-order valence-electron chi connectivity index (χ4n) is 11.8. The molecule has 0 aromatic rings. The van der Waals surface area contributed by atoms with Crippen molar-refractivity contribution < 1.29 is 24.9 Å². The third-order valence-corrected chi connectivity index (χ3v) is 14.0. The lowest BCUT2D eigenvalue weighted by Crippen LogP contribution is -2.70. The summed E-state index contributed by atoms with van der Waals surface area (Å²) in [7, 11) is 0. The predicted octanol–water partition coefficient (Wildman–Crippen LogP) is 5.67. The fourth-order valence-corrected chi connectivity index (χ4v) is 11.8. The van der Waals surface area contributed by atoms with E-state index in [0.717, 1.165) is 51.4 Å². The van der Waals surface area contributed by atoms with Crippen molar-refractivity contribution in [3.63, 3.8) is 0 Å². The van der Waals surface area contributed by atoms with Gasteiger partial charge in [0.25, 0.3) is 0 Å². The Kier molecular flexibility index (Phi) is 6.10. The third-order valence-electron chi connectivity index (χ3n) is 14.0. The van der Waals surface area contributed by atoms with Crippen LogP contribution < -0.4 is 0 Å². The van der Waals surface area contributed by atoms with E-state index in [1.165, 1.54) is 0 Å². The van der Waals surface area contributed by atoms with Crippen molar-refractivity contribution in [2.45, 2.75) is 149 Å². The first-order chi connectivity index (χ1) is 16.8. The highest BCUT2D eigenvalue weighted by Gasteiger charge is 2.73. The Morgan fingerprint density at radius 1 is 0.865 bits per heavy atom. The minimum absolute atomic E-state index is 0.0122. The molecule has 37 heavy (non-hydrogen) atoms. The summed E-state index contributed by atoms with van der Waals surface area (Å²) in [4.78, 5) is 12.7. The average Bonchev–Trinajstić information content (AvgIpc) is 3.33. The highest BCUT2D eigenvalue weighted by molar-refractivity contribution is 5.86. The van der Waals surface area contributed by atoms with Gasteiger partial charge in [0, 0.05) is 5.41 Å². The Bertz CT molecular complexity index is 953. The number of hydrogen-bond acceptors (Lipinski definition) is 5. The van der Waals surface area contributed by atoms with Gasteiger partial charge in [-0.15, -0.1) is 0 Å². The molecule has 1 aliphatic heterocycles. The van der Waals surface area contributed by atoms with Gasteiger partial charge in [-0.25, -0.2) is 0 Å². The number of hydrogen-bond donors (Lipinski definition) is 3. The van der Waals surface area contributed by atoms with Gasteiger partial charge in [0.05, 0.1) is 23.4 Å². The van der Waals surface area contributed by atoms with E-state index in [1.807, 2.05) is 13.8 Å². The number of carbonyl (C=O) groups excluding carboxylic acids is 1. The molecular weight excluding hydrogens is 464 g/mol. The normalized spacial score (nSPS) is 55.4. The van der Waals surface area contributed by atoms with Crippen LogP contribution in [0.2, 0.25) is 0 Å². The molecule has 4 aliphatic carbocycles. The summed E-state index contributed by atoms with van der Waals surface area (Å²) in [6.07, 6.45) is 7.65. The topological polar surface area (TPSA) is 87.0 Å². The summed E-state index contributed by atoms with van der Waals surface area (Å²) in [6, 6.07) is 0. The number of Topliss-reactive ketones (excluding diaryl/α,β-unsaturated/α-hetero) is 1. The van der Waals surface area contributed by atoms with Crippen molar-refractivity contribution in [2.24, 2.45) is 45.3 Å². The molecule has 0 aromatic heterocycles. The Balaban J connectivity index is 1.49. The largest absolute Gasteiger partial charge is 0.393 e. The number of aliphatic hydroxyl groups is 3. The minimum atomic E-state index is -1.29. The van der Waals surface area contributed by atoms with Gasteiger partial charge in [0.15, 0.2) is 5.78 Å². The fraction of sp³-hybridized carbons (Fsp3) is 0.969. The molecule has 0 bridgehead atoms. The smallest absolute Gasteiger partial charge is 0.161 e. The van der Waals surface area contributed by atoms with Gasteiger partial charge in [0.2, 0.25) is 0 Å². The molecule has 5 heteroatoms. The SMILES string of the molecule is CC(=O)[C@@]1(O)CC[C@]2(C)[C@H]3[C@H](O)C[C@@H]4[C@@H]([C@]5(C)CC[C@H](C(C)(C)O)O5)CC[C@@]4(C)[C@]3(C)CC[C@H]2C1(C)C. The summed E-state index contributed by atoms with van der Waals surface area (Å²) in [5, 5.41) is 34.3. The second-order valence-corrected chi connectivity index (χ2v) is 16.2. The van der Waals surface area contributed by atoms with E-state index in [4.69, 9.17) is 4.74 Å². The Hall–Kier alpha value is -0.490. The molecule has 0 spiro atoms. The number of ether oxygens (including phenoxy) is 1. The molecular formula is C32H54O5. The average molecular weight is 519 g/mol. The maximum absolute atomic E-state index is 12.7. The summed E-state index contributed by atoms with van der Waals surface area (Å²) >= 11 is 0. The summed E-state index contributed by atoms with van der Waals surface area (Å²) in [6.45, 7) is 19.1. The van der Waals surface area contributed by atoms with Crippen LogP contribution in [0, 0.1) is 45.3 Å². The quantitative estimate of drug-likeness (QED) is 0.448. The van der Waals surface area contributed by atoms with E-state index in [9.17, 15) is 20.1 Å². The van der Waals surface area contributed by atoms with Gasteiger partial charge in [0.1, 0.15) is 5.60 Å². The predicted molar refractivity (Wildman–Crippen MR) is 145 cm³/mol. The maximum Gasteiger partial charge on any atom is 0.161 e. The first kappa shape index (κ1) is 28.1. The second kappa shape index (κ2) is 8.04. The monoisotopic (exact) mass is 518 g/mol. The van der Waals surface area contributed by atoms with Crippen LogP contribution in [0.15, 0.2) is 0 Å². The number of fused-ring (bicyclic) bond motifs is 5. The summed E-state index contributed by atoms with van der Waals surface area (Å²) in [5.74, 6) is 0.998. The van der Waals surface area contributed by atoms with Gasteiger partial charge < -0.3 is 20.1 Å². The van der Waals surface area contributed by atoms with E-state index in [1.54, 1.807) is 6.92 Å². The molecule has 3 N–H and O–H groups in total. The lowest BCUT2D eigenvalue weighted by molar-refractivity contribution is -0.269. The van der Waals surface area contributed by atoms with Crippen LogP contribution in [-0.2, 0) is 9.53 Å². The van der Waals surface area contributed by atoms with Gasteiger partial charge in [-0.1, -0.05) is 34.6 Å². The molecule has 1 heterocycles. The van der Waals surface area contributed by atoms with E-state index in [2.05, 4.69) is 41.5 Å². The van der Waals surface area contributed by atoms with Crippen LogP contribution in [0.3, 0.4) is 0 Å². The molecule has 5 rings (SSSR count). The van der Waals surface area contributed by atoms with Gasteiger partial charge in [-0.3, -0.25) is 4.79 Å². The van der Waals surface area contributed by atoms with E-state index < -0.39 is 22.7 Å². The van der Waals surface area contributed by atoms with Crippen molar-refractivity contribution in [1.82, 2.24) is 0 Å². The van der Waals surface area contributed by atoms with Crippen molar-refractivity contribution in [1.29, 1.82) is 0 Å². The molecule has 0 amide bonds. The molecule has 11 atom stereocenters. The highest BCUT2D eigenvalue weighted by atomic mass is 16.5. The molecule has 5 nitrogen and oxygen atoms in total. The lowest BCUT2D eigenvalue weighted by atomic mass is 9.33. The van der Waals surface area contributed by atoms with E-state index >= 15 is 0 Å². The van der Waals surface area contributed by atoms with Gasteiger partial charge >= 0.3 is 0 Å². The van der Waals surface area contributed by atoms with Crippen LogP contribution in [0.1, 0.15) is 120 Å². The van der Waals surface area contributed by atoms with E-state index in [0.29, 0.717) is 18.3 Å². The van der Waals surface area contributed by atoms with Crippen molar-refractivity contribution in [3.8, 4) is 0 Å². The number of rotatable bonds is 3. The number of ketones is 1. The molecule has 5 aliphatic rings. The highest BCUT2D eigenvalue weighted by Crippen LogP contribution is 2.76. The standard InChI is InChI=1S/C32H54O5/c1-19(33)32(36)17-16-28(6)23(26(32,2)3)11-14-30(8)25(28)22(34)18-21-20(10-13-29(21,30)7)31(9)15-12-24(37-31)27(4,5)35/h20-25,34-36H,10-18H2,1-9H3/t20-,21+,22+,23-,24+,25+,28-,29+,30+,31-,32-/m0/s1. The molecule has 5 fully saturated rings. The zero-order chi connectivity index (χ0) is 27.6. The van der Waals surface area contributed by atoms with Gasteiger partial charge in [-0.2, -0.15) is 0 Å². The number of aliphatic hydroxyl groups excluding tert-OH is 1. The Morgan fingerprint density at radius 3 is 2.05 bits per heavy atom. The van der Waals surface area contributed by atoms with Crippen molar-refractivity contribution >= 4 is 5.78 Å². The minimum Gasteiger partial charge on any atom is -0.393 e. The van der Waals surface area contributed by atoms with Crippen LogP contribution in [0.25, 0.3) is 0 Å². The third kappa shape index (κ3) is 3.45. The molecule has 4 saturated carbocycles. The molecule has 0 aromatic carbocycles. The zero-order valence-electron chi connectivity index (χ0n) is 25.0. The molecule has 0 unspecified atom stereocenters. The molecule has 0 radical (unpaired) electrons. The number of carbonyl (C=O) groups is 1. The van der Waals surface area contributed by atoms with Crippen molar-refractivity contribution in [3.05, 3.63) is 0 Å². The second-order valence-electron chi connectivity index (χ2n) is 16.2. The van der Waals surface area contributed by atoms with Crippen LogP contribution >= 0.6 is 0 Å².